The third kappa shape index (κ3) is 4.14. The van der Waals surface area contributed by atoms with Crippen LogP contribution < -0.4 is 4.74 Å². The molecular weight excluding hydrogens is 368 g/mol. The molecule has 0 aliphatic carbocycles. The minimum absolute atomic E-state index is 0.0144. The highest BCUT2D eigenvalue weighted by Gasteiger charge is 2.15. The molecule has 138 valence electrons. The summed E-state index contributed by atoms with van der Waals surface area (Å²) in [5.74, 6) is 1.46. The molecule has 3 rings (SSSR count). The standard InChI is InChI=1S/C18H16N4O4S/c1-21-17(13-3-7-14(8-4-13)22(24)25)19-20-18(21)27-11-16(23)12-5-9-15(26-2)10-6-12/h3-10H,11H2,1-2H3. The van der Waals surface area contributed by atoms with Gasteiger partial charge in [-0.3, -0.25) is 14.9 Å². The van der Waals surface area contributed by atoms with Crippen LogP contribution in [0.2, 0.25) is 0 Å². The number of nitro benzene ring substituents is 1. The van der Waals surface area contributed by atoms with Gasteiger partial charge < -0.3 is 9.30 Å². The number of aromatic nitrogens is 3. The van der Waals surface area contributed by atoms with Crippen molar-refractivity contribution >= 4 is 23.2 Å². The Labute approximate surface area is 159 Å². The Kier molecular flexibility index (Phi) is 5.51. The number of non-ortho nitro benzene ring substituents is 1. The molecule has 0 aliphatic heterocycles. The molecule has 1 heterocycles. The van der Waals surface area contributed by atoms with Crippen LogP contribution in [0.4, 0.5) is 5.69 Å². The molecule has 0 aliphatic rings. The minimum Gasteiger partial charge on any atom is -0.497 e. The number of rotatable bonds is 7. The highest BCUT2D eigenvalue weighted by atomic mass is 32.2. The average Bonchev–Trinajstić information content (AvgIpc) is 3.06. The highest BCUT2D eigenvalue weighted by Crippen LogP contribution is 2.25. The van der Waals surface area contributed by atoms with E-state index in [2.05, 4.69) is 10.2 Å². The van der Waals surface area contributed by atoms with Crippen LogP contribution >= 0.6 is 11.8 Å². The molecule has 9 heteroatoms. The molecule has 0 bridgehead atoms. The number of hydrogen-bond acceptors (Lipinski definition) is 7. The number of benzene rings is 2. The first-order chi connectivity index (χ1) is 13.0. The van der Waals surface area contributed by atoms with Crippen LogP contribution in [0.1, 0.15) is 10.4 Å². The molecule has 0 amide bonds. The van der Waals surface area contributed by atoms with E-state index in [1.54, 1.807) is 55.1 Å². The molecule has 0 spiro atoms. The van der Waals surface area contributed by atoms with Gasteiger partial charge in [0, 0.05) is 30.3 Å². The molecule has 0 fully saturated rings. The molecule has 0 unspecified atom stereocenters. The second kappa shape index (κ2) is 8.00. The average molecular weight is 384 g/mol. The van der Waals surface area contributed by atoms with Crippen molar-refractivity contribution in [3.8, 4) is 17.1 Å². The van der Waals surface area contributed by atoms with Crippen LogP contribution in [0.5, 0.6) is 5.75 Å². The molecule has 0 radical (unpaired) electrons. The predicted octanol–water partition coefficient (Wildman–Crippen LogP) is 3.37. The fourth-order valence-corrected chi connectivity index (χ4v) is 3.22. The third-order valence-electron chi connectivity index (χ3n) is 3.92. The number of thioether (sulfide) groups is 1. The maximum atomic E-state index is 12.3. The second-order valence-corrected chi connectivity index (χ2v) is 6.55. The first-order valence-electron chi connectivity index (χ1n) is 7.94. The topological polar surface area (TPSA) is 100 Å². The van der Waals surface area contributed by atoms with Crippen LogP contribution in [0.3, 0.4) is 0 Å². The summed E-state index contributed by atoms with van der Waals surface area (Å²) in [7, 11) is 3.36. The summed E-state index contributed by atoms with van der Waals surface area (Å²) in [4.78, 5) is 22.6. The summed E-state index contributed by atoms with van der Waals surface area (Å²) < 4.78 is 6.84. The molecular formula is C18H16N4O4S. The number of ketones is 1. The maximum Gasteiger partial charge on any atom is 0.269 e. The van der Waals surface area contributed by atoms with Gasteiger partial charge in [0.1, 0.15) is 5.75 Å². The van der Waals surface area contributed by atoms with Gasteiger partial charge in [-0.05, 0) is 36.4 Å². The first-order valence-corrected chi connectivity index (χ1v) is 8.92. The van der Waals surface area contributed by atoms with Crippen LogP contribution in [0, 0.1) is 10.1 Å². The maximum absolute atomic E-state index is 12.3. The summed E-state index contributed by atoms with van der Waals surface area (Å²) in [6.07, 6.45) is 0. The van der Waals surface area contributed by atoms with E-state index in [4.69, 9.17) is 4.74 Å². The number of Topliss-reactive ketones (excluding diaryl/α,β-unsaturated/α-hetero) is 1. The monoisotopic (exact) mass is 384 g/mol. The summed E-state index contributed by atoms with van der Waals surface area (Å²) >= 11 is 1.28. The van der Waals surface area contributed by atoms with E-state index in [0.29, 0.717) is 27.9 Å². The van der Waals surface area contributed by atoms with E-state index < -0.39 is 4.92 Å². The van der Waals surface area contributed by atoms with Crippen molar-refractivity contribution in [2.24, 2.45) is 7.05 Å². The lowest BCUT2D eigenvalue weighted by Crippen LogP contribution is -2.04. The Morgan fingerprint density at radius 3 is 2.41 bits per heavy atom. The third-order valence-corrected chi connectivity index (χ3v) is 4.94. The quantitative estimate of drug-likeness (QED) is 0.266. The molecule has 27 heavy (non-hydrogen) atoms. The molecule has 0 N–H and O–H groups in total. The van der Waals surface area contributed by atoms with Crippen molar-refractivity contribution in [2.45, 2.75) is 5.16 Å². The SMILES string of the molecule is COc1ccc(C(=O)CSc2nnc(-c3ccc([N+](=O)[O-])cc3)n2C)cc1. The van der Waals surface area contributed by atoms with E-state index in [1.165, 1.54) is 23.9 Å². The number of methoxy groups -OCH3 is 1. The fraction of sp³-hybridized carbons (Fsp3) is 0.167. The van der Waals surface area contributed by atoms with Crippen LogP contribution in [0.25, 0.3) is 11.4 Å². The van der Waals surface area contributed by atoms with E-state index in [1.807, 2.05) is 0 Å². The predicted molar refractivity (Wildman–Crippen MR) is 101 cm³/mol. The number of nitro groups is 1. The molecule has 1 aromatic heterocycles. The zero-order valence-electron chi connectivity index (χ0n) is 14.7. The summed E-state index contributed by atoms with van der Waals surface area (Å²) in [6.45, 7) is 0. The van der Waals surface area contributed by atoms with E-state index in [-0.39, 0.29) is 17.2 Å². The van der Waals surface area contributed by atoms with Gasteiger partial charge in [0.2, 0.25) is 0 Å². The van der Waals surface area contributed by atoms with Gasteiger partial charge in [-0.15, -0.1) is 10.2 Å². The Morgan fingerprint density at radius 2 is 1.81 bits per heavy atom. The summed E-state index contributed by atoms with van der Waals surface area (Å²) in [5.41, 5.74) is 1.32. The van der Waals surface area contributed by atoms with Crippen molar-refractivity contribution in [3.63, 3.8) is 0 Å². The highest BCUT2D eigenvalue weighted by molar-refractivity contribution is 7.99. The Morgan fingerprint density at radius 1 is 1.15 bits per heavy atom. The zero-order chi connectivity index (χ0) is 19.4. The van der Waals surface area contributed by atoms with Crippen molar-refractivity contribution in [3.05, 3.63) is 64.2 Å². The van der Waals surface area contributed by atoms with Crippen molar-refractivity contribution < 1.29 is 14.5 Å². The summed E-state index contributed by atoms with van der Waals surface area (Å²) in [5, 5.41) is 19.6. The lowest BCUT2D eigenvalue weighted by molar-refractivity contribution is -0.384. The van der Waals surface area contributed by atoms with Gasteiger partial charge in [-0.2, -0.15) is 0 Å². The Balaban J connectivity index is 1.69. The number of carbonyl (C=O) groups is 1. The number of ether oxygens (including phenoxy) is 1. The van der Waals surface area contributed by atoms with Gasteiger partial charge in [-0.25, -0.2) is 0 Å². The van der Waals surface area contributed by atoms with Gasteiger partial charge in [0.05, 0.1) is 17.8 Å². The molecule has 2 aromatic carbocycles. The largest absolute Gasteiger partial charge is 0.497 e. The normalized spacial score (nSPS) is 10.6. The minimum atomic E-state index is -0.452. The van der Waals surface area contributed by atoms with Crippen LogP contribution in [0.15, 0.2) is 53.7 Å². The van der Waals surface area contributed by atoms with Crippen LogP contribution in [-0.2, 0) is 7.05 Å². The van der Waals surface area contributed by atoms with Crippen molar-refractivity contribution in [1.82, 2.24) is 14.8 Å². The lowest BCUT2D eigenvalue weighted by Gasteiger charge is -2.05. The van der Waals surface area contributed by atoms with E-state index in [0.717, 1.165) is 0 Å². The fourth-order valence-electron chi connectivity index (χ4n) is 2.41. The van der Waals surface area contributed by atoms with Gasteiger partial charge >= 0.3 is 0 Å². The van der Waals surface area contributed by atoms with Crippen LogP contribution in [-0.4, -0.2) is 38.3 Å². The Bertz CT molecular complexity index is 968. The number of hydrogen-bond donors (Lipinski definition) is 0. The first kappa shape index (κ1) is 18.6. The van der Waals surface area contributed by atoms with E-state index in [9.17, 15) is 14.9 Å². The molecule has 0 saturated heterocycles. The van der Waals surface area contributed by atoms with Gasteiger partial charge in [-0.1, -0.05) is 11.8 Å². The molecule has 8 nitrogen and oxygen atoms in total. The molecule has 3 aromatic rings. The molecule has 0 atom stereocenters. The molecule has 0 saturated carbocycles. The smallest absolute Gasteiger partial charge is 0.269 e. The second-order valence-electron chi connectivity index (χ2n) is 5.61. The van der Waals surface area contributed by atoms with Crippen molar-refractivity contribution in [2.75, 3.05) is 12.9 Å². The number of nitrogens with zero attached hydrogens (tertiary/aromatic N) is 4. The van der Waals surface area contributed by atoms with E-state index >= 15 is 0 Å². The van der Waals surface area contributed by atoms with Gasteiger partial charge in [0.15, 0.2) is 16.8 Å². The Hall–Kier alpha value is -3.20. The van der Waals surface area contributed by atoms with Crippen molar-refractivity contribution in [1.29, 1.82) is 0 Å². The summed E-state index contributed by atoms with van der Waals surface area (Å²) in [6, 6.07) is 13.0. The number of carbonyl (C=O) groups excluding carboxylic acids is 1. The lowest BCUT2D eigenvalue weighted by atomic mass is 10.1. The zero-order valence-corrected chi connectivity index (χ0v) is 15.5. The van der Waals surface area contributed by atoms with Gasteiger partial charge in [0.25, 0.3) is 5.69 Å².